The Labute approximate surface area is 87.1 Å². The molecule has 0 N–H and O–H groups in total. The first kappa shape index (κ1) is 9.16. The topological polar surface area (TPSA) is 54.5 Å². The van der Waals surface area contributed by atoms with E-state index >= 15 is 0 Å². The van der Waals surface area contributed by atoms with Gasteiger partial charge in [-0.3, -0.25) is 0 Å². The van der Waals surface area contributed by atoms with Crippen LogP contribution >= 0.6 is 0 Å². The first-order valence-electron chi connectivity index (χ1n) is 4.37. The van der Waals surface area contributed by atoms with Gasteiger partial charge in [0.2, 0.25) is 0 Å². The summed E-state index contributed by atoms with van der Waals surface area (Å²) in [6, 6.07) is 5.47. The number of nitriles is 1. The molecule has 0 fully saturated rings. The van der Waals surface area contributed by atoms with Crippen LogP contribution in [0.1, 0.15) is 11.1 Å². The van der Waals surface area contributed by atoms with Gasteiger partial charge in [-0.05, 0) is 12.1 Å². The van der Waals surface area contributed by atoms with Gasteiger partial charge in [-0.15, -0.1) is 0 Å². The minimum Gasteiger partial charge on any atom is -0.236 e. The van der Waals surface area contributed by atoms with Crippen molar-refractivity contribution in [3.8, 4) is 11.9 Å². The fourth-order valence-electron chi connectivity index (χ4n) is 1.16. The molecule has 4 nitrogen and oxygen atoms in total. The molecule has 0 spiro atoms. The van der Waals surface area contributed by atoms with E-state index in [0.29, 0.717) is 11.4 Å². The highest BCUT2D eigenvalue weighted by Gasteiger charge is 1.99. The summed E-state index contributed by atoms with van der Waals surface area (Å²) in [5.41, 5.74) is 1.47. The fourth-order valence-corrected chi connectivity index (χ4v) is 1.16. The van der Waals surface area contributed by atoms with Crippen molar-refractivity contribution in [2.45, 2.75) is 0 Å². The lowest BCUT2D eigenvalue weighted by Crippen LogP contribution is -1.97. The van der Waals surface area contributed by atoms with E-state index in [1.165, 1.54) is 6.20 Å². The molecule has 2 aromatic rings. The lowest BCUT2D eigenvalue weighted by molar-refractivity contribution is 0.846. The Morgan fingerprint density at radius 3 is 2.80 bits per heavy atom. The van der Waals surface area contributed by atoms with Crippen LogP contribution in [0.2, 0.25) is 0 Å². The molecular weight excluding hydrogens is 188 g/mol. The molecule has 0 radical (unpaired) electrons. The molecule has 0 amide bonds. The third-order valence-electron chi connectivity index (χ3n) is 1.95. The van der Waals surface area contributed by atoms with Crippen molar-refractivity contribution in [2.24, 2.45) is 0 Å². The molecule has 2 heterocycles. The summed E-state index contributed by atoms with van der Waals surface area (Å²) in [4.78, 5) is 4.11. The normalized spacial score (nSPS) is 9.53. The first-order chi connectivity index (χ1) is 7.33. The van der Waals surface area contributed by atoms with Crippen LogP contribution in [0.5, 0.6) is 0 Å². The standard InChI is InChI=1S/C11H8N4/c1-2-9-7-14-15(8-9)11-4-3-10(5-12)6-13-11/h2-4,6-8H,1H2. The number of hydrogen-bond acceptors (Lipinski definition) is 3. The SMILES string of the molecule is C=Cc1cnn(-c2ccc(C#N)cn2)c1. The van der Waals surface area contributed by atoms with E-state index in [9.17, 15) is 0 Å². The maximum absolute atomic E-state index is 8.62. The molecule has 0 aliphatic carbocycles. The minimum atomic E-state index is 0.537. The van der Waals surface area contributed by atoms with Crippen molar-refractivity contribution in [2.75, 3.05) is 0 Å². The molecule has 4 heteroatoms. The number of aromatic nitrogens is 3. The van der Waals surface area contributed by atoms with Crippen LogP contribution < -0.4 is 0 Å². The van der Waals surface area contributed by atoms with Crippen molar-refractivity contribution in [3.63, 3.8) is 0 Å². The van der Waals surface area contributed by atoms with Gasteiger partial charge in [-0.25, -0.2) is 9.67 Å². The van der Waals surface area contributed by atoms with Gasteiger partial charge < -0.3 is 0 Å². The zero-order valence-corrected chi connectivity index (χ0v) is 7.96. The molecule has 0 saturated carbocycles. The van der Waals surface area contributed by atoms with E-state index in [0.717, 1.165) is 5.56 Å². The van der Waals surface area contributed by atoms with Crippen LogP contribution in [0.25, 0.3) is 11.9 Å². The summed E-state index contributed by atoms with van der Waals surface area (Å²) in [5, 5.41) is 12.7. The quantitative estimate of drug-likeness (QED) is 0.735. The van der Waals surface area contributed by atoms with Crippen LogP contribution in [0.15, 0.2) is 37.3 Å². The molecule has 0 unspecified atom stereocenters. The smallest absolute Gasteiger partial charge is 0.153 e. The van der Waals surface area contributed by atoms with E-state index in [1.807, 2.05) is 12.3 Å². The molecule has 0 bridgehead atoms. The molecule has 0 saturated heterocycles. The molecule has 0 aliphatic rings. The second-order valence-corrected chi connectivity index (χ2v) is 2.94. The van der Waals surface area contributed by atoms with E-state index in [-0.39, 0.29) is 0 Å². The van der Waals surface area contributed by atoms with Crippen molar-refractivity contribution >= 4 is 6.08 Å². The average Bonchev–Trinajstić information content (AvgIpc) is 2.78. The highest BCUT2D eigenvalue weighted by atomic mass is 15.3. The van der Waals surface area contributed by atoms with E-state index < -0.39 is 0 Å². The lowest BCUT2D eigenvalue weighted by Gasteiger charge is -1.98. The highest BCUT2D eigenvalue weighted by Crippen LogP contribution is 2.06. The summed E-state index contributed by atoms with van der Waals surface area (Å²) in [5.74, 6) is 0.683. The van der Waals surface area contributed by atoms with Gasteiger partial charge >= 0.3 is 0 Å². The van der Waals surface area contributed by atoms with Crippen LogP contribution in [0, 0.1) is 11.3 Å². The number of nitrogens with zero attached hydrogens (tertiary/aromatic N) is 4. The molecule has 2 aromatic heterocycles. The van der Waals surface area contributed by atoms with Gasteiger partial charge in [0.15, 0.2) is 5.82 Å². The Bertz CT molecular complexity index is 516. The third kappa shape index (κ3) is 1.76. The molecule has 0 aliphatic heterocycles. The fraction of sp³-hybridized carbons (Fsp3) is 0. The lowest BCUT2D eigenvalue weighted by atomic mass is 10.3. The van der Waals surface area contributed by atoms with E-state index in [2.05, 4.69) is 16.7 Å². The van der Waals surface area contributed by atoms with Gasteiger partial charge in [-0.2, -0.15) is 10.4 Å². The maximum atomic E-state index is 8.62. The van der Waals surface area contributed by atoms with Crippen molar-refractivity contribution in [1.29, 1.82) is 5.26 Å². The molecular formula is C11H8N4. The highest BCUT2D eigenvalue weighted by molar-refractivity contribution is 5.44. The van der Waals surface area contributed by atoms with Gasteiger partial charge in [0, 0.05) is 18.0 Å². The Morgan fingerprint density at radius 2 is 2.27 bits per heavy atom. The summed E-state index contributed by atoms with van der Waals surface area (Å²) in [6.07, 6.45) is 6.76. The monoisotopic (exact) mass is 196 g/mol. The summed E-state index contributed by atoms with van der Waals surface area (Å²) >= 11 is 0. The number of rotatable bonds is 2. The number of pyridine rings is 1. The molecule has 0 aromatic carbocycles. The average molecular weight is 196 g/mol. The number of hydrogen-bond donors (Lipinski definition) is 0. The second-order valence-electron chi connectivity index (χ2n) is 2.94. The summed E-state index contributed by atoms with van der Waals surface area (Å²) in [6.45, 7) is 3.65. The molecule has 15 heavy (non-hydrogen) atoms. The molecule has 72 valence electrons. The van der Waals surface area contributed by atoms with E-state index in [4.69, 9.17) is 5.26 Å². The third-order valence-corrected chi connectivity index (χ3v) is 1.95. The minimum absolute atomic E-state index is 0.537. The van der Waals surface area contributed by atoms with Gasteiger partial charge in [-0.1, -0.05) is 12.7 Å². The molecule has 0 atom stereocenters. The summed E-state index contributed by atoms with van der Waals surface area (Å²) < 4.78 is 1.64. The Hall–Kier alpha value is -2.41. The largest absolute Gasteiger partial charge is 0.236 e. The van der Waals surface area contributed by atoms with Gasteiger partial charge in [0.1, 0.15) is 6.07 Å². The van der Waals surface area contributed by atoms with Gasteiger partial charge in [0.25, 0.3) is 0 Å². The zero-order chi connectivity index (χ0) is 10.7. The maximum Gasteiger partial charge on any atom is 0.153 e. The van der Waals surface area contributed by atoms with Crippen molar-refractivity contribution < 1.29 is 0 Å². The van der Waals surface area contributed by atoms with Crippen LogP contribution in [0.4, 0.5) is 0 Å². The Kier molecular flexibility index (Phi) is 2.30. The van der Waals surface area contributed by atoms with Crippen LogP contribution in [-0.2, 0) is 0 Å². The van der Waals surface area contributed by atoms with Crippen LogP contribution in [-0.4, -0.2) is 14.8 Å². The van der Waals surface area contributed by atoms with Gasteiger partial charge in [0.05, 0.1) is 11.8 Å². The summed E-state index contributed by atoms with van der Waals surface area (Å²) in [7, 11) is 0. The zero-order valence-electron chi connectivity index (χ0n) is 7.96. The predicted molar refractivity (Wildman–Crippen MR) is 56.2 cm³/mol. The Balaban J connectivity index is 2.37. The van der Waals surface area contributed by atoms with Crippen molar-refractivity contribution in [3.05, 3.63) is 48.4 Å². The predicted octanol–water partition coefficient (Wildman–Crippen LogP) is 1.78. The second kappa shape index (κ2) is 3.76. The van der Waals surface area contributed by atoms with E-state index in [1.54, 1.807) is 29.1 Å². The molecule has 2 rings (SSSR count). The van der Waals surface area contributed by atoms with Crippen LogP contribution in [0.3, 0.4) is 0 Å². The first-order valence-corrected chi connectivity index (χ1v) is 4.37. The Morgan fingerprint density at radius 1 is 1.40 bits per heavy atom. The van der Waals surface area contributed by atoms with Crippen molar-refractivity contribution in [1.82, 2.24) is 14.8 Å².